The molecule has 0 bridgehead atoms. The number of hydrogen-bond acceptors (Lipinski definition) is 4. The average molecular weight is 333 g/mol. The van der Waals surface area contributed by atoms with Gasteiger partial charge in [0.2, 0.25) is 18.2 Å². The Morgan fingerprint density at radius 3 is 2.21 bits per heavy atom. The number of nitrogens with one attached hydrogen (secondary N) is 1. The van der Waals surface area contributed by atoms with Crippen LogP contribution in [0.25, 0.3) is 0 Å². The third-order valence-electron chi connectivity index (χ3n) is 4.20. The van der Waals surface area contributed by atoms with E-state index in [9.17, 15) is 14.4 Å². The number of piperazine rings is 1. The van der Waals surface area contributed by atoms with E-state index in [1.807, 2.05) is 0 Å². The zero-order valence-electron chi connectivity index (χ0n) is 14.2. The van der Waals surface area contributed by atoms with E-state index in [0.717, 1.165) is 6.41 Å². The highest BCUT2D eigenvalue weighted by Gasteiger charge is 2.40. The molecule has 130 valence electrons. The van der Waals surface area contributed by atoms with Crippen molar-refractivity contribution >= 4 is 23.9 Å². The van der Waals surface area contributed by atoms with Crippen LogP contribution < -0.4 is 10.1 Å². The molecule has 3 amide bonds. The van der Waals surface area contributed by atoms with Gasteiger partial charge in [0.1, 0.15) is 11.2 Å². The highest BCUT2D eigenvalue weighted by molar-refractivity contribution is 6.09. The molecule has 0 saturated carbocycles. The number of carbonyl (C=O) groups is 3. The van der Waals surface area contributed by atoms with Gasteiger partial charge in [-0.2, -0.15) is 0 Å². The zero-order valence-corrected chi connectivity index (χ0v) is 14.2. The minimum atomic E-state index is -1.19. The molecule has 1 aromatic carbocycles. The predicted molar refractivity (Wildman–Crippen MR) is 89.6 cm³/mol. The Kier molecular flexibility index (Phi) is 5.43. The van der Waals surface area contributed by atoms with Gasteiger partial charge in [-0.3, -0.25) is 14.4 Å². The topological polar surface area (TPSA) is 79.0 Å². The van der Waals surface area contributed by atoms with Crippen molar-refractivity contribution in [3.8, 4) is 5.75 Å². The van der Waals surface area contributed by atoms with Crippen molar-refractivity contribution in [2.45, 2.75) is 13.8 Å². The molecular weight excluding hydrogens is 310 g/mol. The Morgan fingerprint density at radius 1 is 1.12 bits per heavy atom. The van der Waals surface area contributed by atoms with Crippen molar-refractivity contribution in [1.29, 1.82) is 0 Å². The van der Waals surface area contributed by atoms with E-state index in [1.165, 1.54) is 0 Å². The summed E-state index contributed by atoms with van der Waals surface area (Å²) in [6.07, 6.45) is 0.781. The first-order chi connectivity index (χ1) is 11.4. The molecule has 2 rings (SSSR count). The minimum absolute atomic E-state index is 0.237. The fourth-order valence-electron chi connectivity index (χ4n) is 2.48. The number of methoxy groups -OCH3 is 1. The Labute approximate surface area is 141 Å². The molecule has 0 aliphatic carbocycles. The summed E-state index contributed by atoms with van der Waals surface area (Å²) in [5, 5.41) is 2.76. The summed E-state index contributed by atoms with van der Waals surface area (Å²) in [7, 11) is 1.57. The van der Waals surface area contributed by atoms with Gasteiger partial charge in [0.05, 0.1) is 7.11 Å². The summed E-state index contributed by atoms with van der Waals surface area (Å²) in [5.41, 5.74) is -0.587. The number of benzene rings is 1. The summed E-state index contributed by atoms with van der Waals surface area (Å²) >= 11 is 0. The number of rotatable bonds is 5. The van der Waals surface area contributed by atoms with Crippen LogP contribution in [0, 0.1) is 5.41 Å². The average Bonchev–Trinajstić information content (AvgIpc) is 2.61. The second-order valence-corrected chi connectivity index (χ2v) is 6.24. The first-order valence-electron chi connectivity index (χ1n) is 7.82. The predicted octanol–water partition coefficient (Wildman–Crippen LogP) is 0.960. The molecule has 7 nitrogen and oxygen atoms in total. The van der Waals surface area contributed by atoms with Gasteiger partial charge in [0, 0.05) is 31.9 Å². The van der Waals surface area contributed by atoms with Crippen molar-refractivity contribution < 1.29 is 19.1 Å². The molecule has 0 aromatic heterocycles. The van der Waals surface area contributed by atoms with Crippen LogP contribution in [0.1, 0.15) is 13.8 Å². The SMILES string of the molecule is COc1ccc(NC(=O)C(C)(C)C(=O)N2CCN(C=O)CC2)cc1. The van der Waals surface area contributed by atoms with Gasteiger partial charge >= 0.3 is 0 Å². The highest BCUT2D eigenvalue weighted by atomic mass is 16.5. The van der Waals surface area contributed by atoms with E-state index < -0.39 is 5.41 Å². The van der Waals surface area contributed by atoms with Gasteiger partial charge in [0.25, 0.3) is 0 Å². The van der Waals surface area contributed by atoms with E-state index >= 15 is 0 Å². The van der Waals surface area contributed by atoms with Crippen molar-refractivity contribution in [3.63, 3.8) is 0 Å². The Morgan fingerprint density at radius 2 is 1.71 bits per heavy atom. The Bertz CT molecular complexity index is 605. The van der Waals surface area contributed by atoms with Gasteiger partial charge in [0.15, 0.2) is 0 Å². The van der Waals surface area contributed by atoms with Crippen molar-refractivity contribution in [2.24, 2.45) is 5.41 Å². The molecule has 0 unspecified atom stereocenters. The maximum atomic E-state index is 12.7. The van der Waals surface area contributed by atoms with Gasteiger partial charge in [-0.05, 0) is 38.1 Å². The summed E-state index contributed by atoms with van der Waals surface area (Å²) in [6, 6.07) is 6.92. The number of nitrogens with zero attached hydrogens (tertiary/aromatic N) is 2. The number of carbonyl (C=O) groups excluding carboxylic acids is 3. The van der Waals surface area contributed by atoms with Crippen molar-refractivity contribution in [1.82, 2.24) is 9.80 Å². The van der Waals surface area contributed by atoms with Gasteiger partial charge in [-0.15, -0.1) is 0 Å². The first kappa shape index (κ1) is 17.8. The Balaban J connectivity index is 2.00. The van der Waals surface area contributed by atoms with Gasteiger partial charge in [-0.1, -0.05) is 0 Å². The highest BCUT2D eigenvalue weighted by Crippen LogP contribution is 2.23. The van der Waals surface area contributed by atoms with Gasteiger partial charge < -0.3 is 19.9 Å². The number of anilines is 1. The molecule has 1 saturated heterocycles. The van der Waals surface area contributed by atoms with E-state index in [0.29, 0.717) is 37.6 Å². The van der Waals surface area contributed by atoms with Crippen LogP contribution in [0.5, 0.6) is 5.75 Å². The van der Waals surface area contributed by atoms with Crippen molar-refractivity contribution in [3.05, 3.63) is 24.3 Å². The van der Waals surface area contributed by atoms with E-state index in [4.69, 9.17) is 4.74 Å². The fraction of sp³-hybridized carbons (Fsp3) is 0.471. The number of amides is 3. The monoisotopic (exact) mass is 333 g/mol. The van der Waals surface area contributed by atoms with Crippen LogP contribution >= 0.6 is 0 Å². The molecule has 1 N–H and O–H groups in total. The summed E-state index contributed by atoms with van der Waals surface area (Å²) in [6.45, 7) is 5.09. The summed E-state index contributed by atoms with van der Waals surface area (Å²) < 4.78 is 5.07. The lowest BCUT2D eigenvalue weighted by atomic mass is 9.89. The molecule has 1 aliphatic rings. The standard InChI is InChI=1S/C17H23N3O4/c1-17(2,16(23)20-10-8-19(12-21)9-11-20)15(22)18-13-4-6-14(24-3)7-5-13/h4-7,12H,8-11H2,1-3H3,(H,18,22). The first-order valence-corrected chi connectivity index (χ1v) is 7.82. The quantitative estimate of drug-likeness (QED) is 0.643. The van der Waals surface area contributed by atoms with Crippen LogP contribution in [0.4, 0.5) is 5.69 Å². The molecule has 7 heteroatoms. The molecule has 0 atom stereocenters. The third-order valence-corrected chi connectivity index (χ3v) is 4.20. The maximum Gasteiger partial charge on any atom is 0.239 e. The van der Waals surface area contributed by atoms with E-state index in [2.05, 4.69) is 5.32 Å². The van der Waals surface area contributed by atoms with Crippen LogP contribution in [-0.2, 0) is 14.4 Å². The van der Waals surface area contributed by atoms with E-state index in [1.54, 1.807) is 55.0 Å². The van der Waals surface area contributed by atoms with Crippen LogP contribution in [0.3, 0.4) is 0 Å². The molecule has 1 aliphatic heterocycles. The molecule has 0 radical (unpaired) electrons. The maximum absolute atomic E-state index is 12.7. The van der Waals surface area contributed by atoms with Crippen molar-refractivity contribution in [2.75, 3.05) is 38.6 Å². The largest absolute Gasteiger partial charge is 0.497 e. The zero-order chi connectivity index (χ0) is 17.7. The normalized spacial score (nSPS) is 15.0. The molecule has 0 spiro atoms. The van der Waals surface area contributed by atoms with Crippen LogP contribution in [0.15, 0.2) is 24.3 Å². The van der Waals surface area contributed by atoms with E-state index in [-0.39, 0.29) is 11.8 Å². The number of hydrogen-bond donors (Lipinski definition) is 1. The molecule has 24 heavy (non-hydrogen) atoms. The van der Waals surface area contributed by atoms with Crippen LogP contribution in [-0.4, -0.2) is 61.3 Å². The molecule has 1 aromatic rings. The summed E-state index contributed by atoms with van der Waals surface area (Å²) in [5.74, 6) is 0.0888. The lowest BCUT2D eigenvalue weighted by Gasteiger charge is -2.36. The lowest BCUT2D eigenvalue weighted by molar-refractivity contribution is -0.148. The lowest BCUT2D eigenvalue weighted by Crippen LogP contribution is -2.54. The molecule has 1 fully saturated rings. The second-order valence-electron chi connectivity index (χ2n) is 6.24. The molecular formula is C17H23N3O4. The molecule has 1 heterocycles. The smallest absolute Gasteiger partial charge is 0.239 e. The third kappa shape index (κ3) is 3.84. The number of ether oxygens (including phenoxy) is 1. The summed E-state index contributed by atoms with van der Waals surface area (Å²) in [4.78, 5) is 39.2. The second kappa shape index (κ2) is 7.33. The van der Waals surface area contributed by atoms with Gasteiger partial charge in [-0.25, -0.2) is 0 Å². The fourth-order valence-corrected chi connectivity index (χ4v) is 2.48. The minimum Gasteiger partial charge on any atom is -0.497 e. The van der Waals surface area contributed by atoms with Crippen LogP contribution in [0.2, 0.25) is 0 Å². The Hall–Kier alpha value is -2.57.